The molecule has 0 saturated carbocycles. The van der Waals surface area contributed by atoms with Crippen molar-refractivity contribution in [2.45, 2.75) is 25.8 Å². The van der Waals surface area contributed by atoms with Crippen LogP contribution in [0.15, 0.2) is 0 Å². The van der Waals surface area contributed by atoms with Gasteiger partial charge in [-0.05, 0) is 26.3 Å². The van der Waals surface area contributed by atoms with Crippen LogP contribution in [0, 0.1) is 7.05 Å². The van der Waals surface area contributed by atoms with Gasteiger partial charge in [-0.15, -0.1) is 0 Å². The predicted molar refractivity (Wildman–Crippen MR) is 29.7 cm³/mol. The summed E-state index contributed by atoms with van der Waals surface area (Å²) in [6, 6.07) is 0.625. The van der Waals surface area contributed by atoms with E-state index < -0.39 is 0 Å². The minimum Gasteiger partial charge on any atom is -0.294 e. The van der Waals surface area contributed by atoms with Crippen molar-refractivity contribution in [1.82, 2.24) is 4.90 Å². The molecule has 0 aromatic carbocycles. The molecule has 40 valence electrons. The third-order valence-electron chi connectivity index (χ3n) is 1.60. The minimum atomic E-state index is 0.625. The Labute approximate surface area is 45.3 Å². The largest absolute Gasteiger partial charge is 0.294 e. The zero-order chi connectivity index (χ0) is 5.28. The fourth-order valence-electron chi connectivity index (χ4n) is 0.955. The van der Waals surface area contributed by atoms with Crippen LogP contribution in [-0.2, 0) is 0 Å². The van der Waals surface area contributed by atoms with Crippen LogP contribution in [0.1, 0.15) is 19.8 Å². The second-order valence-electron chi connectivity index (χ2n) is 2.23. The molecule has 2 radical (unpaired) electrons. The van der Waals surface area contributed by atoms with Crippen molar-refractivity contribution in [1.29, 1.82) is 0 Å². The molecule has 0 N–H and O–H groups in total. The second kappa shape index (κ2) is 1.83. The Morgan fingerprint density at radius 1 is 1.71 bits per heavy atom. The summed E-state index contributed by atoms with van der Waals surface area (Å²) in [7, 11) is 5.51. The van der Waals surface area contributed by atoms with Crippen LogP contribution in [0.4, 0.5) is 0 Å². The van der Waals surface area contributed by atoms with E-state index in [1.807, 2.05) is 4.90 Å². The van der Waals surface area contributed by atoms with Gasteiger partial charge in [-0.1, -0.05) is 0 Å². The quantitative estimate of drug-likeness (QED) is 0.438. The Bertz CT molecular complexity index is 53.2. The zero-order valence-corrected chi connectivity index (χ0v) is 4.72. The van der Waals surface area contributed by atoms with Crippen molar-refractivity contribution in [3.63, 3.8) is 0 Å². The highest BCUT2D eigenvalue weighted by Crippen LogP contribution is 2.13. The maximum absolute atomic E-state index is 5.51. The molecule has 0 aromatic rings. The van der Waals surface area contributed by atoms with E-state index in [4.69, 9.17) is 7.05 Å². The van der Waals surface area contributed by atoms with Gasteiger partial charge in [0.05, 0.1) is 0 Å². The molecule has 1 atom stereocenters. The van der Waals surface area contributed by atoms with Gasteiger partial charge in [0, 0.05) is 13.1 Å². The van der Waals surface area contributed by atoms with Crippen molar-refractivity contribution in [2.24, 2.45) is 0 Å². The number of hydrogen-bond donors (Lipinski definition) is 0. The lowest BCUT2D eigenvalue weighted by molar-refractivity contribution is 0.366. The molecule has 1 heteroatoms. The fourth-order valence-corrected chi connectivity index (χ4v) is 0.955. The van der Waals surface area contributed by atoms with Crippen LogP contribution < -0.4 is 0 Å². The number of nitrogens with zero attached hydrogens (tertiary/aromatic N) is 1. The van der Waals surface area contributed by atoms with Crippen molar-refractivity contribution in [2.75, 3.05) is 6.54 Å². The highest BCUT2D eigenvalue weighted by molar-refractivity contribution is 4.73. The van der Waals surface area contributed by atoms with Crippen molar-refractivity contribution < 1.29 is 0 Å². The molecule has 1 aliphatic heterocycles. The predicted octanol–water partition coefficient (Wildman–Crippen LogP) is 1.14. The number of likely N-dealkylation sites (tertiary alicyclic amines) is 1. The summed E-state index contributed by atoms with van der Waals surface area (Å²) in [5.74, 6) is 0. The molecule has 0 amide bonds. The molecule has 7 heavy (non-hydrogen) atoms. The van der Waals surface area contributed by atoms with Crippen molar-refractivity contribution in [3.8, 4) is 0 Å². The van der Waals surface area contributed by atoms with Gasteiger partial charge >= 0.3 is 0 Å². The maximum atomic E-state index is 5.51. The Morgan fingerprint density at radius 3 is 2.57 bits per heavy atom. The third kappa shape index (κ3) is 0.942. The molecule has 1 heterocycles. The van der Waals surface area contributed by atoms with Crippen LogP contribution in [0.3, 0.4) is 0 Å². The van der Waals surface area contributed by atoms with E-state index >= 15 is 0 Å². The SMILES string of the molecule is [CH]N1CCC[C@H]1C. The summed E-state index contributed by atoms with van der Waals surface area (Å²) in [5.41, 5.74) is 0. The first-order valence-corrected chi connectivity index (χ1v) is 2.82. The fraction of sp³-hybridized carbons (Fsp3) is 0.833. The molecular weight excluding hydrogens is 86.1 g/mol. The lowest BCUT2D eigenvalue weighted by Crippen LogP contribution is -2.18. The van der Waals surface area contributed by atoms with E-state index in [2.05, 4.69) is 6.92 Å². The minimum absolute atomic E-state index is 0.625. The first-order chi connectivity index (χ1) is 3.30. The first kappa shape index (κ1) is 5.10. The topological polar surface area (TPSA) is 3.24 Å². The molecule has 0 aliphatic carbocycles. The number of rotatable bonds is 0. The Morgan fingerprint density at radius 2 is 2.43 bits per heavy atom. The van der Waals surface area contributed by atoms with Gasteiger partial charge in [0.25, 0.3) is 0 Å². The van der Waals surface area contributed by atoms with Gasteiger partial charge in [-0.3, -0.25) is 4.90 Å². The van der Waals surface area contributed by atoms with Crippen molar-refractivity contribution in [3.05, 3.63) is 7.05 Å². The van der Waals surface area contributed by atoms with Gasteiger partial charge in [0.15, 0.2) is 0 Å². The van der Waals surface area contributed by atoms with Crippen LogP contribution in [0.2, 0.25) is 0 Å². The van der Waals surface area contributed by atoms with Gasteiger partial charge in [-0.25, -0.2) is 0 Å². The average Bonchev–Trinajstić information content (AvgIpc) is 1.91. The summed E-state index contributed by atoms with van der Waals surface area (Å²) >= 11 is 0. The normalized spacial score (nSPS) is 34.3. The van der Waals surface area contributed by atoms with Gasteiger partial charge < -0.3 is 0 Å². The molecule has 1 saturated heterocycles. The Hall–Kier alpha value is -0.0400. The second-order valence-corrected chi connectivity index (χ2v) is 2.23. The highest BCUT2D eigenvalue weighted by Gasteiger charge is 2.14. The first-order valence-electron chi connectivity index (χ1n) is 2.82. The molecular formula is C6H11N. The molecule has 1 rings (SSSR count). The summed E-state index contributed by atoms with van der Waals surface area (Å²) in [4.78, 5) is 1.90. The molecule has 1 aliphatic rings. The van der Waals surface area contributed by atoms with E-state index in [0.29, 0.717) is 6.04 Å². The van der Waals surface area contributed by atoms with E-state index in [0.717, 1.165) is 6.54 Å². The molecule has 0 unspecified atom stereocenters. The van der Waals surface area contributed by atoms with Crippen LogP contribution >= 0.6 is 0 Å². The molecule has 1 fully saturated rings. The Kier molecular flexibility index (Phi) is 1.33. The van der Waals surface area contributed by atoms with Crippen molar-refractivity contribution >= 4 is 0 Å². The smallest absolute Gasteiger partial charge is 0.0441 e. The van der Waals surface area contributed by atoms with Crippen LogP contribution in [-0.4, -0.2) is 17.5 Å². The Balaban J connectivity index is 2.33. The van der Waals surface area contributed by atoms with E-state index in [-0.39, 0.29) is 0 Å². The van der Waals surface area contributed by atoms with Gasteiger partial charge in [0.2, 0.25) is 0 Å². The molecule has 0 spiro atoms. The highest BCUT2D eigenvalue weighted by atomic mass is 15.1. The van der Waals surface area contributed by atoms with Gasteiger partial charge in [0.1, 0.15) is 0 Å². The van der Waals surface area contributed by atoms with E-state index in [1.165, 1.54) is 12.8 Å². The standard InChI is InChI=1S/C6H11N/c1-6-4-3-5-7(6)2/h2,6H,3-5H2,1H3/t6-/m1/s1. The summed E-state index contributed by atoms with van der Waals surface area (Å²) in [6.07, 6.45) is 2.55. The molecule has 1 nitrogen and oxygen atoms in total. The van der Waals surface area contributed by atoms with Crippen LogP contribution in [0.5, 0.6) is 0 Å². The summed E-state index contributed by atoms with van der Waals surface area (Å²) < 4.78 is 0. The third-order valence-corrected chi connectivity index (χ3v) is 1.60. The summed E-state index contributed by atoms with van der Waals surface area (Å²) in [6.45, 7) is 3.24. The molecule has 0 aromatic heterocycles. The lowest BCUT2D eigenvalue weighted by atomic mass is 10.3. The van der Waals surface area contributed by atoms with Gasteiger partial charge in [-0.2, -0.15) is 0 Å². The lowest BCUT2D eigenvalue weighted by Gasteiger charge is -2.11. The maximum Gasteiger partial charge on any atom is 0.0441 e. The van der Waals surface area contributed by atoms with E-state index in [9.17, 15) is 0 Å². The molecule has 0 bridgehead atoms. The number of hydrogen-bond acceptors (Lipinski definition) is 1. The van der Waals surface area contributed by atoms with Crippen LogP contribution in [0.25, 0.3) is 0 Å². The van der Waals surface area contributed by atoms with E-state index in [1.54, 1.807) is 0 Å². The monoisotopic (exact) mass is 97.1 g/mol. The summed E-state index contributed by atoms with van der Waals surface area (Å²) in [5, 5.41) is 0. The average molecular weight is 97.2 g/mol. The zero-order valence-electron chi connectivity index (χ0n) is 4.72.